The third-order valence-electron chi connectivity index (χ3n) is 4.59. The Kier molecular flexibility index (Phi) is 3.94. The number of piperazine rings is 1. The zero-order valence-electron chi connectivity index (χ0n) is 13.2. The zero-order valence-corrected chi connectivity index (χ0v) is 13.2. The number of fused-ring (bicyclic) bond motifs is 1. The van der Waals surface area contributed by atoms with Gasteiger partial charge in [-0.2, -0.15) is 15.4 Å². The summed E-state index contributed by atoms with van der Waals surface area (Å²) in [5.74, 6) is 0. The Hall–Kier alpha value is -2.40. The van der Waals surface area contributed by atoms with Gasteiger partial charge in [-0.15, -0.1) is 0 Å². The second-order valence-corrected chi connectivity index (χ2v) is 6.06. The van der Waals surface area contributed by atoms with E-state index in [9.17, 15) is 0 Å². The molecule has 1 N–H and O–H groups in total. The lowest BCUT2D eigenvalue weighted by Gasteiger charge is -2.36. The van der Waals surface area contributed by atoms with Gasteiger partial charge in [0.1, 0.15) is 11.0 Å². The number of nitrogens with zero attached hydrogens (tertiary/aromatic N) is 4. The lowest BCUT2D eigenvalue weighted by Crippen LogP contribution is -2.46. The zero-order chi connectivity index (χ0) is 15.5. The highest BCUT2D eigenvalue weighted by Gasteiger charge is 2.16. The van der Waals surface area contributed by atoms with E-state index >= 15 is 0 Å². The third kappa shape index (κ3) is 3.19. The Bertz CT molecular complexity index is 759. The van der Waals surface area contributed by atoms with Gasteiger partial charge in [-0.05, 0) is 36.2 Å². The summed E-state index contributed by atoms with van der Waals surface area (Å²) in [5.41, 5.74) is 4.56. The summed E-state index contributed by atoms with van der Waals surface area (Å²) >= 11 is 0. The van der Waals surface area contributed by atoms with Crippen LogP contribution in [0.4, 0.5) is 5.69 Å². The number of rotatable bonds is 4. The first-order valence-corrected chi connectivity index (χ1v) is 8.20. The van der Waals surface area contributed by atoms with Crippen molar-refractivity contribution in [1.29, 1.82) is 0 Å². The Balaban J connectivity index is 1.31. The molecule has 0 radical (unpaired) electrons. The average Bonchev–Trinajstić information content (AvgIpc) is 3.09. The summed E-state index contributed by atoms with van der Waals surface area (Å²) in [6.07, 6.45) is 1.06. The molecule has 2 aromatic carbocycles. The Labute approximate surface area is 135 Å². The van der Waals surface area contributed by atoms with Gasteiger partial charge in [0.25, 0.3) is 0 Å². The molecule has 0 spiro atoms. The first kappa shape index (κ1) is 14.2. The van der Waals surface area contributed by atoms with E-state index in [0.717, 1.165) is 50.2 Å². The van der Waals surface area contributed by atoms with Crippen LogP contribution in [-0.2, 0) is 6.42 Å². The highest BCUT2D eigenvalue weighted by molar-refractivity contribution is 5.74. The van der Waals surface area contributed by atoms with E-state index in [1.807, 2.05) is 6.07 Å². The van der Waals surface area contributed by atoms with Gasteiger partial charge in [0.15, 0.2) is 0 Å². The molecule has 3 aromatic rings. The highest BCUT2D eigenvalue weighted by Crippen LogP contribution is 2.16. The number of hydrogen-bond acceptors (Lipinski definition) is 4. The van der Waals surface area contributed by atoms with E-state index in [4.69, 9.17) is 0 Å². The molecule has 4 rings (SSSR count). The van der Waals surface area contributed by atoms with Crippen LogP contribution in [0, 0.1) is 0 Å². The summed E-state index contributed by atoms with van der Waals surface area (Å²) in [7, 11) is 0. The van der Waals surface area contributed by atoms with E-state index in [1.165, 1.54) is 11.3 Å². The van der Waals surface area contributed by atoms with Gasteiger partial charge in [-0.1, -0.05) is 24.3 Å². The molecule has 0 saturated carbocycles. The van der Waals surface area contributed by atoms with Crippen molar-refractivity contribution in [3.8, 4) is 0 Å². The van der Waals surface area contributed by atoms with Crippen LogP contribution in [0.5, 0.6) is 0 Å². The van der Waals surface area contributed by atoms with Crippen molar-refractivity contribution in [2.45, 2.75) is 6.42 Å². The molecule has 5 heteroatoms. The number of aromatic nitrogens is 3. The minimum absolute atomic E-state index is 0.935. The Morgan fingerprint density at radius 3 is 2.48 bits per heavy atom. The smallest absolute Gasteiger partial charge is 0.113 e. The van der Waals surface area contributed by atoms with Gasteiger partial charge < -0.3 is 4.90 Å². The monoisotopic (exact) mass is 307 g/mol. The summed E-state index contributed by atoms with van der Waals surface area (Å²) in [6, 6.07) is 17.0. The van der Waals surface area contributed by atoms with Crippen LogP contribution in [0.25, 0.3) is 11.0 Å². The number of hydrogen-bond donors (Lipinski definition) is 1. The molecule has 118 valence electrons. The fraction of sp³-hybridized carbons (Fsp3) is 0.333. The van der Waals surface area contributed by atoms with Crippen LogP contribution < -0.4 is 4.90 Å². The highest BCUT2D eigenvalue weighted by atomic mass is 15.3. The fourth-order valence-electron chi connectivity index (χ4n) is 3.20. The molecule has 0 unspecified atom stereocenters. The molecule has 0 aliphatic carbocycles. The number of nitrogens with one attached hydrogen (secondary N) is 1. The number of para-hydroxylation sites is 1. The van der Waals surface area contributed by atoms with Gasteiger partial charge in [0.05, 0.1) is 0 Å². The van der Waals surface area contributed by atoms with Crippen LogP contribution in [0.1, 0.15) is 5.56 Å². The molecule has 1 aliphatic rings. The molecule has 1 aliphatic heterocycles. The van der Waals surface area contributed by atoms with Crippen LogP contribution >= 0.6 is 0 Å². The summed E-state index contributed by atoms with van der Waals surface area (Å²) in [6.45, 7) is 5.56. The number of benzene rings is 2. The van der Waals surface area contributed by atoms with E-state index in [1.54, 1.807) is 0 Å². The lowest BCUT2D eigenvalue weighted by molar-refractivity contribution is 0.261. The maximum atomic E-state index is 4.16. The Morgan fingerprint density at radius 2 is 1.65 bits per heavy atom. The minimum Gasteiger partial charge on any atom is -0.369 e. The summed E-state index contributed by atoms with van der Waals surface area (Å²) in [5, 5.41) is 10.9. The fourth-order valence-corrected chi connectivity index (χ4v) is 3.20. The van der Waals surface area contributed by atoms with Gasteiger partial charge in [-0.25, -0.2) is 0 Å². The number of aromatic amines is 1. The van der Waals surface area contributed by atoms with E-state index in [2.05, 4.69) is 67.7 Å². The Morgan fingerprint density at radius 1 is 0.870 bits per heavy atom. The summed E-state index contributed by atoms with van der Waals surface area (Å²) < 4.78 is 0. The SMILES string of the molecule is c1ccc(N2CCN(CCc3ccc4n[nH]nc4c3)CC2)cc1. The maximum absolute atomic E-state index is 4.16. The number of H-pyrrole nitrogens is 1. The predicted molar refractivity (Wildman–Crippen MR) is 92.7 cm³/mol. The molecular weight excluding hydrogens is 286 g/mol. The predicted octanol–water partition coefficient (Wildman–Crippen LogP) is 2.32. The van der Waals surface area contributed by atoms with E-state index in [0.29, 0.717) is 0 Å². The van der Waals surface area contributed by atoms with Crippen LogP contribution in [0.2, 0.25) is 0 Å². The lowest BCUT2D eigenvalue weighted by atomic mass is 10.1. The summed E-state index contributed by atoms with van der Waals surface area (Å²) in [4.78, 5) is 5.02. The van der Waals surface area contributed by atoms with Crippen LogP contribution in [-0.4, -0.2) is 53.0 Å². The molecule has 0 bridgehead atoms. The van der Waals surface area contributed by atoms with Crippen LogP contribution in [0.3, 0.4) is 0 Å². The second kappa shape index (κ2) is 6.38. The topological polar surface area (TPSA) is 48.0 Å². The van der Waals surface area contributed by atoms with Crippen molar-refractivity contribution in [2.24, 2.45) is 0 Å². The van der Waals surface area contributed by atoms with Crippen molar-refractivity contribution in [3.05, 3.63) is 54.1 Å². The first-order chi connectivity index (χ1) is 11.4. The van der Waals surface area contributed by atoms with Gasteiger partial charge >= 0.3 is 0 Å². The molecule has 2 heterocycles. The van der Waals surface area contributed by atoms with Gasteiger partial charge in [0, 0.05) is 38.4 Å². The van der Waals surface area contributed by atoms with E-state index in [-0.39, 0.29) is 0 Å². The number of anilines is 1. The molecule has 1 saturated heterocycles. The largest absolute Gasteiger partial charge is 0.369 e. The standard InChI is InChI=1S/C18H21N5/c1-2-4-16(5-3-1)23-12-10-22(11-13-23)9-8-15-6-7-17-18(14-15)20-21-19-17/h1-7,14H,8-13H2,(H,19,20,21). The minimum atomic E-state index is 0.935. The second-order valence-electron chi connectivity index (χ2n) is 6.06. The normalized spacial score (nSPS) is 16.1. The van der Waals surface area contributed by atoms with Crippen molar-refractivity contribution in [1.82, 2.24) is 20.3 Å². The van der Waals surface area contributed by atoms with Crippen molar-refractivity contribution < 1.29 is 0 Å². The van der Waals surface area contributed by atoms with Crippen molar-refractivity contribution >= 4 is 16.7 Å². The molecule has 23 heavy (non-hydrogen) atoms. The molecule has 0 atom stereocenters. The van der Waals surface area contributed by atoms with Crippen LogP contribution in [0.15, 0.2) is 48.5 Å². The first-order valence-electron chi connectivity index (χ1n) is 8.20. The third-order valence-corrected chi connectivity index (χ3v) is 4.59. The average molecular weight is 307 g/mol. The van der Waals surface area contributed by atoms with Crippen molar-refractivity contribution in [2.75, 3.05) is 37.6 Å². The molecular formula is C18H21N5. The van der Waals surface area contributed by atoms with E-state index < -0.39 is 0 Å². The van der Waals surface area contributed by atoms with Crippen molar-refractivity contribution in [3.63, 3.8) is 0 Å². The quantitative estimate of drug-likeness (QED) is 0.803. The molecule has 1 fully saturated rings. The van der Waals surface area contributed by atoms with Gasteiger partial charge in [0.2, 0.25) is 0 Å². The molecule has 1 aromatic heterocycles. The van der Waals surface area contributed by atoms with Gasteiger partial charge in [-0.3, -0.25) is 4.90 Å². The maximum Gasteiger partial charge on any atom is 0.113 e. The molecule has 0 amide bonds. The molecule has 5 nitrogen and oxygen atoms in total.